The van der Waals surface area contributed by atoms with Crippen molar-refractivity contribution in [3.05, 3.63) is 29.3 Å². The Bertz CT molecular complexity index is 759. The molecule has 0 amide bonds. The first-order chi connectivity index (χ1) is 10.6. The van der Waals surface area contributed by atoms with Gasteiger partial charge < -0.3 is 19.3 Å². The maximum atomic E-state index is 13.2. The molecule has 0 spiro atoms. The van der Waals surface area contributed by atoms with Crippen molar-refractivity contribution in [2.24, 2.45) is 0 Å². The Kier molecular flexibility index (Phi) is 5.27. The molecule has 0 unspecified atom stereocenters. The molecule has 0 aliphatic heterocycles. The molecule has 0 heterocycles. The summed E-state index contributed by atoms with van der Waals surface area (Å²) in [7, 11) is -3.81. The smallest absolute Gasteiger partial charge is 0.365 e. The van der Waals surface area contributed by atoms with Gasteiger partial charge in [-0.1, -0.05) is 11.6 Å². The molecule has 0 aliphatic carbocycles. The van der Waals surface area contributed by atoms with Gasteiger partial charge in [-0.15, -0.1) is 0 Å². The standard InChI is InChI=1S/C16H20ClO5P/c1-9(2)21-23(20,22-10(3)4)15-8-14(18)13-7-11(17)5-6-12(13)16(15)19/h5-10,18-19H,1-4H3. The van der Waals surface area contributed by atoms with Gasteiger partial charge in [0.25, 0.3) is 0 Å². The molecule has 0 aromatic heterocycles. The molecule has 0 fully saturated rings. The van der Waals surface area contributed by atoms with Crippen molar-refractivity contribution in [2.75, 3.05) is 0 Å². The molecule has 2 aromatic rings. The number of phenols is 2. The number of rotatable bonds is 5. The summed E-state index contributed by atoms with van der Waals surface area (Å²) in [5, 5.41) is 21.8. The zero-order valence-corrected chi connectivity index (χ0v) is 15.1. The zero-order valence-electron chi connectivity index (χ0n) is 13.4. The lowest BCUT2D eigenvalue weighted by molar-refractivity contribution is 0.150. The molecule has 2 aromatic carbocycles. The lowest BCUT2D eigenvalue weighted by Crippen LogP contribution is -2.17. The Morgan fingerprint density at radius 3 is 2.09 bits per heavy atom. The minimum atomic E-state index is -3.81. The molecule has 0 saturated carbocycles. The van der Waals surface area contributed by atoms with Crippen LogP contribution in [0.4, 0.5) is 0 Å². The summed E-state index contributed by atoms with van der Waals surface area (Å²) < 4.78 is 24.1. The van der Waals surface area contributed by atoms with Gasteiger partial charge in [-0.2, -0.15) is 0 Å². The second-order valence-corrected chi connectivity index (χ2v) is 8.09. The summed E-state index contributed by atoms with van der Waals surface area (Å²) in [6.07, 6.45) is -0.774. The van der Waals surface area contributed by atoms with Gasteiger partial charge in [0.2, 0.25) is 0 Å². The normalized spacial score (nSPS) is 12.5. The van der Waals surface area contributed by atoms with Crippen molar-refractivity contribution in [2.45, 2.75) is 39.9 Å². The van der Waals surface area contributed by atoms with E-state index in [9.17, 15) is 14.8 Å². The van der Waals surface area contributed by atoms with E-state index in [1.807, 2.05) is 0 Å². The van der Waals surface area contributed by atoms with E-state index in [2.05, 4.69) is 0 Å². The fraction of sp³-hybridized carbons (Fsp3) is 0.375. The molecule has 0 saturated heterocycles. The highest BCUT2D eigenvalue weighted by Gasteiger charge is 2.35. The van der Waals surface area contributed by atoms with Crippen molar-refractivity contribution in [1.82, 2.24) is 0 Å². The first kappa shape index (κ1) is 18.1. The number of fused-ring (bicyclic) bond motifs is 1. The Morgan fingerprint density at radius 1 is 1.00 bits per heavy atom. The van der Waals surface area contributed by atoms with Crippen LogP contribution in [0.5, 0.6) is 11.5 Å². The van der Waals surface area contributed by atoms with E-state index in [0.29, 0.717) is 15.8 Å². The molecule has 2 N–H and O–H groups in total. The second kappa shape index (κ2) is 6.70. The lowest BCUT2D eigenvalue weighted by atomic mass is 10.1. The van der Waals surface area contributed by atoms with Crippen LogP contribution in [0.2, 0.25) is 5.02 Å². The fourth-order valence-electron chi connectivity index (χ4n) is 2.25. The molecule has 0 bridgehead atoms. The summed E-state index contributed by atoms with van der Waals surface area (Å²) in [5.41, 5.74) is 0. The molecular formula is C16H20ClO5P. The van der Waals surface area contributed by atoms with Crippen LogP contribution in [0.15, 0.2) is 24.3 Å². The van der Waals surface area contributed by atoms with E-state index in [0.717, 1.165) is 0 Å². The zero-order chi connectivity index (χ0) is 17.4. The highest BCUT2D eigenvalue weighted by Crippen LogP contribution is 2.53. The SMILES string of the molecule is CC(C)OP(=O)(OC(C)C)c1cc(O)c2cc(Cl)ccc2c1O. The van der Waals surface area contributed by atoms with Crippen LogP contribution in [-0.2, 0) is 13.6 Å². The van der Waals surface area contributed by atoms with E-state index in [1.54, 1.807) is 39.8 Å². The fourth-order valence-corrected chi connectivity index (χ4v) is 4.47. The number of phenolic OH excluding ortho intramolecular Hbond substituents is 2. The number of hydrogen-bond acceptors (Lipinski definition) is 5. The minimum absolute atomic E-state index is 0.0628. The van der Waals surface area contributed by atoms with E-state index in [4.69, 9.17) is 20.6 Å². The average molecular weight is 359 g/mol. The van der Waals surface area contributed by atoms with Crippen LogP contribution in [-0.4, -0.2) is 22.4 Å². The van der Waals surface area contributed by atoms with E-state index >= 15 is 0 Å². The van der Waals surface area contributed by atoms with Crippen LogP contribution in [0, 0.1) is 0 Å². The summed E-state index contributed by atoms with van der Waals surface area (Å²) in [4.78, 5) is 0. The first-order valence-electron chi connectivity index (χ1n) is 7.25. The molecule has 23 heavy (non-hydrogen) atoms. The molecule has 126 valence electrons. The van der Waals surface area contributed by atoms with Crippen LogP contribution >= 0.6 is 19.2 Å². The van der Waals surface area contributed by atoms with Crippen LogP contribution in [0.1, 0.15) is 27.7 Å². The highest BCUT2D eigenvalue weighted by atomic mass is 35.5. The average Bonchev–Trinajstić information content (AvgIpc) is 2.40. The number of halogens is 1. The van der Waals surface area contributed by atoms with Gasteiger partial charge in [0.15, 0.2) is 0 Å². The largest absolute Gasteiger partial charge is 0.507 e. The third-order valence-corrected chi connectivity index (χ3v) is 5.59. The minimum Gasteiger partial charge on any atom is -0.507 e. The molecule has 0 atom stereocenters. The highest BCUT2D eigenvalue weighted by molar-refractivity contribution is 7.62. The molecule has 0 aliphatic rings. The Labute approximate surface area is 140 Å². The van der Waals surface area contributed by atoms with Crippen molar-refractivity contribution in [1.29, 1.82) is 0 Å². The van der Waals surface area contributed by atoms with Crippen molar-refractivity contribution in [3.63, 3.8) is 0 Å². The number of benzene rings is 2. The van der Waals surface area contributed by atoms with Crippen LogP contribution in [0.25, 0.3) is 10.8 Å². The Morgan fingerprint density at radius 2 is 1.57 bits per heavy atom. The Hall–Kier alpha value is -1.26. The maximum absolute atomic E-state index is 13.2. The number of aromatic hydroxyl groups is 2. The number of hydrogen-bond donors (Lipinski definition) is 2. The quantitative estimate of drug-likeness (QED) is 0.604. The van der Waals surface area contributed by atoms with Crippen LogP contribution < -0.4 is 5.30 Å². The maximum Gasteiger partial charge on any atom is 0.365 e. The summed E-state index contributed by atoms with van der Waals surface area (Å²) in [6, 6.07) is 5.85. The van der Waals surface area contributed by atoms with Gasteiger partial charge >= 0.3 is 7.60 Å². The molecule has 2 rings (SSSR count). The third-order valence-electron chi connectivity index (χ3n) is 3.02. The first-order valence-corrected chi connectivity index (χ1v) is 9.17. The third kappa shape index (κ3) is 3.81. The monoisotopic (exact) mass is 358 g/mol. The summed E-state index contributed by atoms with van der Waals surface area (Å²) >= 11 is 5.91. The van der Waals surface area contributed by atoms with Crippen LogP contribution in [0.3, 0.4) is 0 Å². The van der Waals surface area contributed by atoms with Gasteiger partial charge in [-0.25, -0.2) is 0 Å². The molecular weight excluding hydrogens is 339 g/mol. The van der Waals surface area contributed by atoms with Crippen molar-refractivity contribution in [3.8, 4) is 11.5 Å². The molecule has 7 heteroatoms. The predicted molar refractivity (Wildman–Crippen MR) is 92.0 cm³/mol. The van der Waals surface area contributed by atoms with E-state index in [-0.39, 0.29) is 29.0 Å². The Balaban J connectivity index is 2.71. The lowest BCUT2D eigenvalue weighted by Gasteiger charge is -2.24. The molecule has 0 radical (unpaired) electrons. The van der Waals surface area contributed by atoms with Gasteiger partial charge in [-0.3, -0.25) is 4.57 Å². The van der Waals surface area contributed by atoms with E-state index < -0.39 is 7.60 Å². The van der Waals surface area contributed by atoms with E-state index in [1.165, 1.54) is 12.1 Å². The van der Waals surface area contributed by atoms with Crippen molar-refractivity contribution < 1.29 is 23.8 Å². The van der Waals surface area contributed by atoms with Gasteiger partial charge in [0.05, 0.1) is 12.2 Å². The van der Waals surface area contributed by atoms with Gasteiger partial charge in [0.1, 0.15) is 16.8 Å². The summed E-state index contributed by atoms with van der Waals surface area (Å²) in [5.74, 6) is -0.408. The topological polar surface area (TPSA) is 76.0 Å². The van der Waals surface area contributed by atoms with Crippen molar-refractivity contribution >= 4 is 35.3 Å². The second-order valence-electron chi connectivity index (χ2n) is 5.76. The molecule has 5 nitrogen and oxygen atoms in total. The summed E-state index contributed by atoms with van der Waals surface area (Å²) in [6.45, 7) is 6.87. The predicted octanol–water partition coefficient (Wildman–Crippen LogP) is 4.57. The van der Waals surface area contributed by atoms with Gasteiger partial charge in [0, 0.05) is 15.8 Å². The van der Waals surface area contributed by atoms with Gasteiger partial charge in [-0.05, 0) is 52.0 Å².